The van der Waals surface area contributed by atoms with Gasteiger partial charge in [-0.3, -0.25) is 9.78 Å². The van der Waals surface area contributed by atoms with E-state index in [-0.39, 0.29) is 0 Å². The number of amides is 1. The van der Waals surface area contributed by atoms with Gasteiger partial charge in [-0.2, -0.15) is 0 Å². The maximum absolute atomic E-state index is 11.5. The summed E-state index contributed by atoms with van der Waals surface area (Å²) in [6.07, 6.45) is 3.59. The molecule has 0 saturated carbocycles. The minimum Gasteiger partial charge on any atom is -0.388 e. The number of fused-ring (bicyclic) bond motifs is 3. The number of nitrogens with zero attached hydrogens (tertiary/aromatic N) is 2. The molecular formula is C24H25N5O2. The molecule has 0 spiro atoms. The van der Waals surface area contributed by atoms with E-state index in [0.717, 1.165) is 64.9 Å². The fourth-order valence-corrected chi connectivity index (χ4v) is 3.56. The Balaban J connectivity index is 0.000000334. The van der Waals surface area contributed by atoms with Crippen LogP contribution >= 0.6 is 0 Å². The zero-order chi connectivity index (χ0) is 21.6. The molecular weight excluding hydrogens is 390 g/mol. The van der Waals surface area contributed by atoms with Crippen molar-refractivity contribution in [1.82, 2.24) is 15.3 Å². The molecule has 0 radical (unpaired) electrons. The fraction of sp³-hybridized carbons (Fsp3) is 0.208. The summed E-state index contributed by atoms with van der Waals surface area (Å²) in [5.41, 5.74) is 9.44. The number of morpholine rings is 1. The number of hydrogen-bond acceptors (Lipinski definition) is 6. The summed E-state index contributed by atoms with van der Waals surface area (Å²) in [6, 6.07) is 15.3. The third kappa shape index (κ3) is 4.63. The highest BCUT2D eigenvalue weighted by molar-refractivity contribution is 6.11. The Labute approximate surface area is 180 Å². The van der Waals surface area contributed by atoms with Crippen molar-refractivity contribution in [3.8, 4) is 11.3 Å². The first-order chi connectivity index (χ1) is 15.2. The lowest BCUT2D eigenvalue weighted by atomic mass is 10.0. The van der Waals surface area contributed by atoms with Crippen LogP contribution < -0.4 is 16.4 Å². The summed E-state index contributed by atoms with van der Waals surface area (Å²) in [5.74, 6) is -0.464. The summed E-state index contributed by atoms with van der Waals surface area (Å²) in [4.78, 5) is 20.6. The van der Waals surface area contributed by atoms with Gasteiger partial charge in [-0.15, -0.1) is 0 Å². The van der Waals surface area contributed by atoms with Crippen molar-refractivity contribution in [3.63, 3.8) is 0 Å². The quantitative estimate of drug-likeness (QED) is 0.444. The van der Waals surface area contributed by atoms with E-state index < -0.39 is 5.91 Å². The highest BCUT2D eigenvalue weighted by Gasteiger charge is 2.12. The van der Waals surface area contributed by atoms with E-state index in [9.17, 15) is 4.79 Å². The van der Waals surface area contributed by atoms with Crippen molar-refractivity contribution < 1.29 is 9.53 Å². The molecule has 7 heteroatoms. The van der Waals surface area contributed by atoms with Crippen molar-refractivity contribution >= 4 is 33.3 Å². The number of aromatic nitrogens is 2. The van der Waals surface area contributed by atoms with Crippen LogP contribution in [0.2, 0.25) is 0 Å². The third-order valence-electron chi connectivity index (χ3n) is 5.15. The average molecular weight is 415 g/mol. The SMILES string of the molecule is C1COCCN1.CNc1cccc(-c2nc3cc(C(N)=O)ccc3c3cnccc23)c1. The number of carbonyl (C=O) groups is 1. The Morgan fingerprint density at radius 2 is 1.90 bits per heavy atom. The van der Waals surface area contributed by atoms with Gasteiger partial charge in [0.2, 0.25) is 5.91 Å². The first-order valence-electron chi connectivity index (χ1n) is 10.2. The minimum atomic E-state index is -0.464. The second-order valence-corrected chi connectivity index (χ2v) is 7.17. The highest BCUT2D eigenvalue weighted by Crippen LogP contribution is 2.33. The number of primary amides is 1. The van der Waals surface area contributed by atoms with Gasteiger partial charge in [0.15, 0.2) is 0 Å². The third-order valence-corrected chi connectivity index (χ3v) is 5.15. The van der Waals surface area contributed by atoms with Crippen molar-refractivity contribution in [3.05, 3.63) is 66.5 Å². The molecule has 0 bridgehead atoms. The van der Waals surface area contributed by atoms with E-state index in [1.165, 1.54) is 0 Å². The number of benzene rings is 2. The van der Waals surface area contributed by atoms with Gasteiger partial charge in [-0.05, 0) is 30.3 Å². The van der Waals surface area contributed by atoms with E-state index in [1.807, 2.05) is 49.6 Å². The van der Waals surface area contributed by atoms with Crippen LogP contribution in [0.1, 0.15) is 10.4 Å². The molecule has 1 aliphatic rings. The molecule has 1 saturated heterocycles. The van der Waals surface area contributed by atoms with Gasteiger partial charge in [0, 0.05) is 65.5 Å². The van der Waals surface area contributed by atoms with Gasteiger partial charge in [0.25, 0.3) is 0 Å². The van der Waals surface area contributed by atoms with Crippen molar-refractivity contribution in [2.45, 2.75) is 0 Å². The molecule has 0 aliphatic carbocycles. The Kier molecular flexibility index (Phi) is 6.35. The Hall–Kier alpha value is -3.55. The molecule has 0 unspecified atom stereocenters. The van der Waals surface area contributed by atoms with Crippen LogP contribution in [0.15, 0.2) is 60.9 Å². The van der Waals surface area contributed by atoms with E-state index in [1.54, 1.807) is 18.3 Å². The topological polar surface area (TPSA) is 102 Å². The van der Waals surface area contributed by atoms with Gasteiger partial charge in [0.05, 0.1) is 24.4 Å². The predicted octanol–water partition coefficient (Wildman–Crippen LogP) is 3.20. The molecule has 1 fully saturated rings. The van der Waals surface area contributed by atoms with Crippen LogP contribution in [0, 0.1) is 0 Å². The fourth-order valence-electron chi connectivity index (χ4n) is 3.56. The van der Waals surface area contributed by atoms with Crippen LogP contribution in [0.5, 0.6) is 0 Å². The number of ether oxygens (including phenoxy) is 1. The first kappa shape index (κ1) is 20.7. The van der Waals surface area contributed by atoms with Crippen LogP contribution in [-0.4, -0.2) is 49.2 Å². The van der Waals surface area contributed by atoms with Crippen LogP contribution in [-0.2, 0) is 4.74 Å². The highest BCUT2D eigenvalue weighted by atomic mass is 16.5. The Morgan fingerprint density at radius 3 is 2.58 bits per heavy atom. The number of nitrogens with two attached hydrogens (primary N) is 1. The number of anilines is 1. The van der Waals surface area contributed by atoms with Gasteiger partial charge in [0.1, 0.15) is 0 Å². The molecule has 2 aromatic carbocycles. The lowest BCUT2D eigenvalue weighted by Gasteiger charge is -2.11. The maximum atomic E-state index is 11.5. The van der Waals surface area contributed by atoms with Gasteiger partial charge >= 0.3 is 0 Å². The molecule has 7 nitrogen and oxygen atoms in total. The van der Waals surface area contributed by atoms with Gasteiger partial charge in [-0.1, -0.05) is 18.2 Å². The molecule has 2 aromatic heterocycles. The maximum Gasteiger partial charge on any atom is 0.248 e. The van der Waals surface area contributed by atoms with Crippen molar-refractivity contribution in [2.75, 3.05) is 38.7 Å². The number of nitrogens with one attached hydrogen (secondary N) is 2. The summed E-state index contributed by atoms with van der Waals surface area (Å²) in [6.45, 7) is 3.83. The van der Waals surface area contributed by atoms with E-state index in [4.69, 9.17) is 15.5 Å². The summed E-state index contributed by atoms with van der Waals surface area (Å²) in [7, 11) is 1.88. The Bertz CT molecular complexity index is 1210. The normalized spacial score (nSPS) is 13.5. The van der Waals surface area contributed by atoms with Gasteiger partial charge < -0.3 is 21.1 Å². The van der Waals surface area contributed by atoms with E-state index in [0.29, 0.717) is 5.56 Å². The zero-order valence-corrected chi connectivity index (χ0v) is 17.4. The van der Waals surface area contributed by atoms with Crippen molar-refractivity contribution in [1.29, 1.82) is 0 Å². The minimum absolute atomic E-state index is 0.443. The molecule has 31 heavy (non-hydrogen) atoms. The second-order valence-electron chi connectivity index (χ2n) is 7.17. The van der Waals surface area contributed by atoms with Crippen LogP contribution in [0.25, 0.3) is 32.9 Å². The number of pyridine rings is 2. The zero-order valence-electron chi connectivity index (χ0n) is 17.4. The van der Waals surface area contributed by atoms with Gasteiger partial charge in [-0.25, -0.2) is 4.98 Å². The molecule has 1 aliphatic heterocycles. The van der Waals surface area contributed by atoms with Crippen LogP contribution in [0.3, 0.4) is 0 Å². The largest absolute Gasteiger partial charge is 0.388 e. The lowest BCUT2D eigenvalue weighted by Crippen LogP contribution is -2.30. The van der Waals surface area contributed by atoms with Crippen LogP contribution in [0.4, 0.5) is 5.69 Å². The molecule has 5 rings (SSSR count). The molecule has 4 N–H and O–H groups in total. The molecule has 3 heterocycles. The predicted molar refractivity (Wildman–Crippen MR) is 124 cm³/mol. The average Bonchev–Trinajstić information content (AvgIpc) is 2.84. The standard InChI is InChI=1S/C20H16N4O.C4H9NO/c1-22-14-4-2-3-12(9-14)19-16-7-8-23-11-17(16)15-6-5-13(20(21)25)10-18(15)24-19;1-3-6-4-2-5-1/h2-11,22H,1H3,(H2,21,25);5H,1-4H2. The summed E-state index contributed by atoms with van der Waals surface area (Å²) in [5, 5.41) is 9.26. The number of hydrogen-bond donors (Lipinski definition) is 3. The van der Waals surface area contributed by atoms with Crippen molar-refractivity contribution in [2.24, 2.45) is 5.73 Å². The number of rotatable bonds is 3. The monoisotopic (exact) mass is 415 g/mol. The smallest absolute Gasteiger partial charge is 0.248 e. The molecule has 0 atom stereocenters. The second kappa shape index (κ2) is 9.51. The number of carbonyl (C=O) groups excluding carboxylic acids is 1. The molecule has 4 aromatic rings. The lowest BCUT2D eigenvalue weighted by molar-refractivity contribution is 0.100. The summed E-state index contributed by atoms with van der Waals surface area (Å²) >= 11 is 0. The Morgan fingerprint density at radius 1 is 1.06 bits per heavy atom. The first-order valence-corrected chi connectivity index (χ1v) is 10.2. The molecule has 1 amide bonds. The summed E-state index contributed by atoms with van der Waals surface area (Å²) < 4.78 is 5.01. The molecule has 158 valence electrons. The van der Waals surface area contributed by atoms with E-state index >= 15 is 0 Å². The van der Waals surface area contributed by atoms with E-state index in [2.05, 4.69) is 15.6 Å².